The van der Waals surface area contributed by atoms with E-state index in [-0.39, 0.29) is 0 Å². The Labute approximate surface area is 94.8 Å². The normalized spacial score (nSPS) is 10.1. The van der Waals surface area contributed by atoms with E-state index in [1.165, 1.54) is 5.56 Å². The molecule has 16 heavy (non-hydrogen) atoms. The molecule has 1 N–H and O–H groups in total. The highest BCUT2D eigenvalue weighted by atomic mass is 14.9. The molecule has 0 bridgehead atoms. The molecular weight excluding hydrogens is 198 g/mol. The number of imidazole rings is 1. The fourth-order valence-corrected chi connectivity index (χ4v) is 1.69. The Morgan fingerprint density at radius 2 is 2.00 bits per heavy atom. The van der Waals surface area contributed by atoms with Crippen LogP contribution in [0, 0.1) is 18.3 Å². The van der Waals surface area contributed by atoms with E-state index in [0.717, 1.165) is 23.5 Å². The first-order valence-corrected chi connectivity index (χ1v) is 5.30. The Morgan fingerprint density at radius 1 is 1.31 bits per heavy atom. The van der Waals surface area contributed by atoms with Gasteiger partial charge in [-0.2, -0.15) is 5.26 Å². The lowest BCUT2D eigenvalue weighted by Gasteiger charge is -2.00. The SMILES string of the molecule is CCc1ccc(-c2[nH]c(C)nc2C#N)cc1. The van der Waals surface area contributed by atoms with Gasteiger partial charge in [0.1, 0.15) is 11.9 Å². The number of hydrogen-bond donors (Lipinski definition) is 1. The molecule has 0 fully saturated rings. The smallest absolute Gasteiger partial charge is 0.166 e. The van der Waals surface area contributed by atoms with Gasteiger partial charge < -0.3 is 4.98 Å². The van der Waals surface area contributed by atoms with E-state index in [1.54, 1.807) is 0 Å². The molecule has 3 nitrogen and oxygen atoms in total. The van der Waals surface area contributed by atoms with Gasteiger partial charge in [0.25, 0.3) is 0 Å². The second-order valence-electron chi connectivity index (χ2n) is 3.71. The van der Waals surface area contributed by atoms with Crippen LogP contribution in [0.1, 0.15) is 24.0 Å². The molecule has 0 atom stereocenters. The Hall–Kier alpha value is -2.08. The predicted molar refractivity (Wildman–Crippen MR) is 62.9 cm³/mol. The minimum absolute atomic E-state index is 0.460. The van der Waals surface area contributed by atoms with Crippen LogP contribution in [0.15, 0.2) is 24.3 Å². The zero-order chi connectivity index (χ0) is 11.5. The molecule has 0 saturated heterocycles. The molecule has 0 unspecified atom stereocenters. The Balaban J connectivity index is 2.46. The summed E-state index contributed by atoms with van der Waals surface area (Å²) in [5.41, 5.74) is 3.57. The van der Waals surface area contributed by atoms with E-state index in [2.05, 4.69) is 35.1 Å². The third-order valence-corrected chi connectivity index (χ3v) is 2.58. The van der Waals surface area contributed by atoms with Gasteiger partial charge in [-0.1, -0.05) is 31.2 Å². The van der Waals surface area contributed by atoms with Crippen LogP contribution >= 0.6 is 0 Å². The molecule has 0 aliphatic carbocycles. The zero-order valence-corrected chi connectivity index (χ0v) is 9.41. The van der Waals surface area contributed by atoms with Crippen LogP contribution in [0.3, 0.4) is 0 Å². The Bertz CT molecular complexity index is 529. The van der Waals surface area contributed by atoms with Crippen LogP contribution in [0.25, 0.3) is 11.3 Å². The lowest BCUT2D eigenvalue weighted by Crippen LogP contribution is -1.84. The molecule has 1 aromatic heterocycles. The van der Waals surface area contributed by atoms with Crippen molar-refractivity contribution in [1.29, 1.82) is 5.26 Å². The molecule has 3 heteroatoms. The van der Waals surface area contributed by atoms with Crippen molar-refractivity contribution in [2.75, 3.05) is 0 Å². The highest BCUT2D eigenvalue weighted by Gasteiger charge is 2.09. The second-order valence-corrected chi connectivity index (χ2v) is 3.71. The number of aromatic nitrogens is 2. The molecule has 0 aliphatic heterocycles. The summed E-state index contributed by atoms with van der Waals surface area (Å²) in [6.07, 6.45) is 1.02. The fourth-order valence-electron chi connectivity index (χ4n) is 1.69. The molecule has 0 aliphatic rings. The van der Waals surface area contributed by atoms with Gasteiger partial charge in [0, 0.05) is 5.56 Å². The lowest BCUT2D eigenvalue weighted by atomic mass is 10.1. The van der Waals surface area contributed by atoms with Crippen molar-refractivity contribution in [2.45, 2.75) is 20.3 Å². The number of H-pyrrole nitrogens is 1. The number of aryl methyl sites for hydroxylation is 2. The Morgan fingerprint density at radius 3 is 2.56 bits per heavy atom. The molecule has 2 aromatic rings. The van der Waals surface area contributed by atoms with Crippen molar-refractivity contribution in [3.63, 3.8) is 0 Å². The van der Waals surface area contributed by atoms with E-state index in [4.69, 9.17) is 5.26 Å². The third kappa shape index (κ3) is 1.82. The van der Waals surface area contributed by atoms with E-state index in [0.29, 0.717) is 5.69 Å². The standard InChI is InChI=1S/C13H13N3/c1-3-10-4-6-11(7-5-10)13-12(8-14)15-9(2)16-13/h4-7H,3H2,1-2H3,(H,15,16). The summed E-state index contributed by atoms with van der Waals surface area (Å²) in [6, 6.07) is 10.3. The molecule has 2 rings (SSSR count). The Kier molecular flexibility index (Phi) is 2.74. The summed E-state index contributed by atoms with van der Waals surface area (Å²) in [7, 11) is 0. The molecule has 1 heterocycles. The van der Waals surface area contributed by atoms with Gasteiger partial charge in [-0.05, 0) is 18.9 Å². The van der Waals surface area contributed by atoms with Crippen LogP contribution in [0.2, 0.25) is 0 Å². The fraction of sp³-hybridized carbons (Fsp3) is 0.231. The molecule has 80 valence electrons. The monoisotopic (exact) mass is 211 g/mol. The average Bonchev–Trinajstić information content (AvgIpc) is 2.70. The van der Waals surface area contributed by atoms with Crippen LogP contribution in [0.4, 0.5) is 0 Å². The zero-order valence-electron chi connectivity index (χ0n) is 9.41. The van der Waals surface area contributed by atoms with E-state index in [1.807, 2.05) is 19.1 Å². The number of benzene rings is 1. The summed E-state index contributed by atoms with van der Waals surface area (Å²) in [5.74, 6) is 0.770. The number of rotatable bonds is 2. The van der Waals surface area contributed by atoms with Crippen molar-refractivity contribution in [3.05, 3.63) is 41.3 Å². The molecule has 0 amide bonds. The second kappa shape index (κ2) is 4.19. The number of nitriles is 1. The quantitative estimate of drug-likeness (QED) is 0.830. The minimum atomic E-state index is 0.460. The molecular formula is C13H13N3. The van der Waals surface area contributed by atoms with Crippen molar-refractivity contribution in [3.8, 4) is 17.3 Å². The van der Waals surface area contributed by atoms with E-state index in [9.17, 15) is 0 Å². The van der Waals surface area contributed by atoms with E-state index >= 15 is 0 Å². The molecule has 0 spiro atoms. The predicted octanol–water partition coefficient (Wildman–Crippen LogP) is 2.82. The topological polar surface area (TPSA) is 52.5 Å². The summed E-state index contributed by atoms with van der Waals surface area (Å²) in [4.78, 5) is 7.25. The first-order chi connectivity index (χ1) is 7.74. The maximum Gasteiger partial charge on any atom is 0.166 e. The molecule has 1 aromatic carbocycles. The van der Waals surface area contributed by atoms with Crippen LogP contribution in [0.5, 0.6) is 0 Å². The van der Waals surface area contributed by atoms with Crippen molar-refractivity contribution < 1.29 is 0 Å². The van der Waals surface area contributed by atoms with Gasteiger partial charge in [-0.15, -0.1) is 0 Å². The molecule has 0 radical (unpaired) electrons. The number of nitrogens with one attached hydrogen (secondary N) is 1. The van der Waals surface area contributed by atoms with Crippen LogP contribution in [-0.4, -0.2) is 9.97 Å². The molecule has 0 saturated carbocycles. The van der Waals surface area contributed by atoms with Gasteiger partial charge in [0.15, 0.2) is 5.69 Å². The largest absolute Gasteiger partial charge is 0.341 e. The van der Waals surface area contributed by atoms with Crippen molar-refractivity contribution in [1.82, 2.24) is 9.97 Å². The van der Waals surface area contributed by atoms with E-state index < -0.39 is 0 Å². The van der Waals surface area contributed by atoms with Crippen molar-refractivity contribution >= 4 is 0 Å². The van der Waals surface area contributed by atoms with Gasteiger partial charge >= 0.3 is 0 Å². The van der Waals surface area contributed by atoms with Crippen LogP contribution in [-0.2, 0) is 6.42 Å². The van der Waals surface area contributed by atoms with Crippen molar-refractivity contribution in [2.24, 2.45) is 0 Å². The summed E-state index contributed by atoms with van der Waals surface area (Å²) >= 11 is 0. The average molecular weight is 211 g/mol. The number of hydrogen-bond acceptors (Lipinski definition) is 2. The summed E-state index contributed by atoms with van der Waals surface area (Å²) < 4.78 is 0. The number of aromatic amines is 1. The lowest BCUT2D eigenvalue weighted by molar-refractivity contribution is 1.14. The van der Waals surface area contributed by atoms with Gasteiger partial charge in [-0.3, -0.25) is 0 Å². The maximum atomic E-state index is 8.96. The highest BCUT2D eigenvalue weighted by molar-refractivity contribution is 5.65. The first kappa shape index (κ1) is 10.4. The summed E-state index contributed by atoms with van der Waals surface area (Å²) in [6.45, 7) is 3.97. The maximum absolute atomic E-state index is 8.96. The van der Waals surface area contributed by atoms with Gasteiger partial charge in [0.2, 0.25) is 0 Å². The summed E-state index contributed by atoms with van der Waals surface area (Å²) in [5, 5.41) is 8.96. The minimum Gasteiger partial charge on any atom is -0.341 e. The highest BCUT2D eigenvalue weighted by Crippen LogP contribution is 2.21. The first-order valence-electron chi connectivity index (χ1n) is 5.30. The van der Waals surface area contributed by atoms with Crippen LogP contribution < -0.4 is 0 Å². The van der Waals surface area contributed by atoms with Gasteiger partial charge in [-0.25, -0.2) is 4.98 Å². The van der Waals surface area contributed by atoms with Gasteiger partial charge in [0.05, 0.1) is 5.69 Å². The number of nitrogens with zero attached hydrogens (tertiary/aromatic N) is 2. The third-order valence-electron chi connectivity index (χ3n) is 2.58.